The van der Waals surface area contributed by atoms with Gasteiger partial charge in [0.15, 0.2) is 0 Å². The van der Waals surface area contributed by atoms with Gasteiger partial charge in [-0.05, 0) is 31.7 Å². The van der Waals surface area contributed by atoms with Crippen molar-refractivity contribution >= 4 is 17.7 Å². The Balaban J connectivity index is 2.06. The number of hydrogen-bond acceptors (Lipinski definition) is 5. The Morgan fingerprint density at radius 1 is 1.16 bits per heavy atom. The molecule has 1 heterocycles. The molecule has 0 aliphatic carbocycles. The van der Waals surface area contributed by atoms with Crippen LogP contribution < -0.4 is 15.5 Å². The van der Waals surface area contributed by atoms with Gasteiger partial charge in [-0.25, -0.2) is 9.59 Å². The summed E-state index contributed by atoms with van der Waals surface area (Å²) in [7, 11) is 5.96. The summed E-state index contributed by atoms with van der Waals surface area (Å²) < 4.78 is 5.07. The van der Waals surface area contributed by atoms with Crippen LogP contribution in [0, 0.1) is 0 Å². The second-order valence-electron chi connectivity index (χ2n) is 6.22. The molecule has 136 valence electrons. The van der Waals surface area contributed by atoms with Crippen LogP contribution in [0.1, 0.15) is 12.5 Å². The normalized spacial score (nSPS) is 14.2. The SMILES string of the molecule is CCOC(=O)C1=C(CN(C)Cc2ccc(N(C)C)cc2)NC(=O)NC1. The van der Waals surface area contributed by atoms with Crippen molar-refractivity contribution in [3.8, 4) is 0 Å². The number of nitrogens with zero attached hydrogens (tertiary/aromatic N) is 2. The molecule has 1 aliphatic rings. The summed E-state index contributed by atoms with van der Waals surface area (Å²) in [5.74, 6) is -0.395. The van der Waals surface area contributed by atoms with Crippen LogP contribution in [0.15, 0.2) is 35.5 Å². The predicted octanol–water partition coefficient (Wildman–Crippen LogP) is 1.31. The molecule has 25 heavy (non-hydrogen) atoms. The molecule has 0 bridgehead atoms. The molecule has 0 spiro atoms. The van der Waals surface area contributed by atoms with Gasteiger partial charge in [-0.3, -0.25) is 4.90 Å². The fourth-order valence-electron chi connectivity index (χ4n) is 2.62. The number of carbonyl (C=O) groups excluding carboxylic acids is 2. The van der Waals surface area contributed by atoms with Gasteiger partial charge in [0.2, 0.25) is 0 Å². The lowest BCUT2D eigenvalue weighted by molar-refractivity contribution is -0.138. The average Bonchev–Trinajstić information content (AvgIpc) is 2.55. The zero-order chi connectivity index (χ0) is 18.4. The number of hydrogen-bond donors (Lipinski definition) is 2. The van der Waals surface area contributed by atoms with Gasteiger partial charge >= 0.3 is 12.0 Å². The quantitative estimate of drug-likeness (QED) is 0.729. The molecular formula is C18H26N4O3. The third kappa shape index (κ3) is 5.22. The maximum absolute atomic E-state index is 12.1. The molecule has 0 fully saturated rings. The summed E-state index contributed by atoms with van der Waals surface area (Å²) >= 11 is 0. The molecule has 0 saturated heterocycles. The Labute approximate surface area is 148 Å². The Morgan fingerprint density at radius 3 is 2.44 bits per heavy atom. The number of amides is 2. The highest BCUT2D eigenvalue weighted by Crippen LogP contribution is 2.15. The molecule has 2 amide bonds. The summed E-state index contributed by atoms with van der Waals surface area (Å²) in [4.78, 5) is 27.8. The van der Waals surface area contributed by atoms with Gasteiger partial charge in [0, 0.05) is 38.6 Å². The number of anilines is 1. The first-order chi connectivity index (χ1) is 11.9. The lowest BCUT2D eigenvalue weighted by Crippen LogP contribution is -2.46. The van der Waals surface area contributed by atoms with Crippen LogP contribution in [-0.4, -0.2) is 57.7 Å². The van der Waals surface area contributed by atoms with Crippen molar-refractivity contribution in [1.29, 1.82) is 0 Å². The van der Waals surface area contributed by atoms with Crippen LogP contribution in [-0.2, 0) is 16.1 Å². The number of ether oxygens (including phenoxy) is 1. The zero-order valence-corrected chi connectivity index (χ0v) is 15.3. The zero-order valence-electron chi connectivity index (χ0n) is 15.3. The minimum absolute atomic E-state index is 0.186. The number of urea groups is 1. The number of rotatable bonds is 7. The van der Waals surface area contributed by atoms with Crippen molar-refractivity contribution in [3.05, 3.63) is 41.1 Å². The van der Waals surface area contributed by atoms with E-state index in [0.717, 1.165) is 11.3 Å². The van der Waals surface area contributed by atoms with Gasteiger partial charge < -0.3 is 20.3 Å². The molecule has 2 rings (SSSR count). The van der Waals surface area contributed by atoms with E-state index < -0.39 is 5.97 Å². The van der Waals surface area contributed by atoms with Gasteiger partial charge in [-0.2, -0.15) is 0 Å². The van der Waals surface area contributed by atoms with Gasteiger partial charge in [0.05, 0.1) is 18.7 Å². The second kappa shape index (κ2) is 8.53. The largest absolute Gasteiger partial charge is 0.463 e. The Bertz CT molecular complexity index is 653. The topological polar surface area (TPSA) is 73.9 Å². The number of nitrogens with one attached hydrogen (secondary N) is 2. The van der Waals surface area contributed by atoms with E-state index in [4.69, 9.17) is 4.74 Å². The minimum atomic E-state index is -0.395. The van der Waals surface area contributed by atoms with Crippen molar-refractivity contribution in [2.75, 3.05) is 45.7 Å². The molecule has 0 atom stereocenters. The fraction of sp³-hybridized carbons (Fsp3) is 0.444. The Kier molecular flexibility index (Phi) is 6.41. The first-order valence-electron chi connectivity index (χ1n) is 8.29. The standard InChI is InChI=1S/C18H26N4O3/c1-5-25-17(23)15-10-19-18(24)20-16(15)12-22(4)11-13-6-8-14(9-7-13)21(2)3/h6-9H,5,10-12H2,1-4H3,(H2,19,20,24). The van der Waals surface area contributed by atoms with E-state index in [0.29, 0.717) is 31.0 Å². The van der Waals surface area contributed by atoms with E-state index in [-0.39, 0.29) is 12.6 Å². The molecule has 7 nitrogen and oxygen atoms in total. The molecule has 0 aromatic heterocycles. The number of benzene rings is 1. The third-order valence-electron chi connectivity index (χ3n) is 3.91. The summed E-state index contributed by atoms with van der Waals surface area (Å²) in [5, 5.41) is 5.34. The summed E-state index contributed by atoms with van der Waals surface area (Å²) in [5.41, 5.74) is 3.36. The van der Waals surface area contributed by atoms with Gasteiger partial charge in [0.25, 0.3) is 0 Å². The van der Waals surface area contributed by atoms with Crippen molar-refractivity contribution in [1.82, 2.24) is 15.5 Å². The van der Waals surface area contributed by atoms with Crippen molar-refractivity contribution in [2.24, 2.45) is 0 Å². The first kappa shape index (κ1) is 18.8. The second-order valence-corrected chi connectivity index (χ2v) is 6.22. The van der Waals surface area contributed by atoms with E-state index in [2.05, 4.69) is 39.8 Å². The van der Waals surface area contributed by atoms with Crippen LogP contribution in [0.25, 0.3) is 0 Å². The number of esters is 1. The van der Waals surface area contributed by atoms with Crippen LogP contribution >= 0.6 is 0 Å². The smallest absolute Gasteiger partial charge is 0.337 e. The lowest BCUT2D eigenvalue weighted by atomic mass is 10.1. The summed E-state index contributed by atoms with van der Waals surface area (Å²) in [6.45, 7) is 3.41. The molecular weight excluding hydrogens is 320 g/mol. The molecule has 0 unspecified atom stereocenters. The molecule has 0 saturated carbocycles. The fourth-order valence-corrected chi connectivity index (χ4v) is 2.62. The molecule has 1 aromatic rings. The van der Waals surface area contributed by atoms with Gasteiger partial charge in [-0.1, -0.05) is 12.1 Å². The number of carbonyl (C=O) groups is 2. The Morgan fingerprint density at radius 2 is 1.84 bits per heavy atom. The molecule has 1 aliphatic heterocycles. The van der Waals surface area contributed by atoms with Crippen molar-refractivity contribution in [3.63, 3.8) is 0 Å². The molecule has 2 N–H and O–H groups in total. The van der Waals surface area contributed by atoms with Crippen molar-refractivity contribution in [2.45, 2.75) is 13.5 Å². The monoisotopic (exact) mass is 346 g/mol. The minimum Gasteiger partial charge on any atom is -0.463 e. The predicted molar refractivity (Wildman–Crippen MR) is 97.3 cm³/mol. The van der Waals surface area contributed by atoms with Gasteiger partial charge in [0.1, 0.15) is 0 Å². The molecule has 1 aromatic carbocycles. The van der Waals surface area contributed by atoms with Crippen molar-refractivity contribution < 1.29 is 14.3 Å². The van der Waals surface area contributed by atoms with Gasteiger partial charge in [-0.15, -0.1) is 0 Å². The maximum atomic E-state index is 12.1. The van der Waals surface area contributed by atoms with E-state index >= 15 is 0 Å². The Hall–Kier alpha value is -2.54. The molecule has 0 radical (unpaired) electrons. The highest BCUT2D eigenvalue weighted by atomic mass is 16.5. The summed E-state index contributed by atoms with van der Waals surface area (Å²) in [6, 6.07) is 7.99. The summed E-state index contributed by atoms with van der Waals surface area (Å²) in [6.07, 6.45) is 0. The molecule has 7 heteroatoms. The van der Waals surface area contributed by atoms with E-state index in [1.54, 1.807) is 6.92 Å². The lowest BCUT2D eigenvalue weighted by Gasteiger charge is -2.25. The van der Waals surface area contributed by atoms with Crippen LogP contribution in [0.5, 0.6) is 0 Å². The van der Waals surface area contributed by atoms with Crippen LogP contribution in [0.2, 0.25) is 0 Å². The highest BCUT2D eigenvalue weighted by Gasteiger charge is 2.24. The van der Waals surface area contributed by atoms with E-state index in [1.807, 2.05) is 26.0 Å². The van der Waals surface area contributed by atoms with E-state index in [1.165, 1.54) is 0 Å². The highest BCUT2D eigenvalue weighted by molar-refractivity contribution is 5.93. The van der Waals surface area contributed by atoms with Crippen LogP contribution in [0.4, 0.5) is 10.5 Å². The maximum Gasteiger partial charge on any atom is 0.337 e. The van der Waals surface area contributed by atoms with Crippen LogP contribution in [0.3, 0.4) is 0 Å². The van der Waals surface area contributed by atoms with E-state index in [9.17, 15) is 9.59 Å². The number of likely N-dealkylation sites (N-methyl/N-ethyl adjacent to an activating group) is 1. The first-order valence-corrected chi connectivity index (χ1v) is 8.29. The average molecular weight is 346 g/mol. The third-order valence-corrected chi connectivity index (χ3v) is 3.91.